The second-order valence-electron chi connectivity index (χ2n) is 1.39. The lowest BCUT2D eigenvalue weighted by Gasteiger charge is -1.87. The molecule has 42 valence electrons. The quantitative estimate of drug-likeness (QED) is 0.565. The topological polar surface area (TPSA) is 30.5 Å². The first-order valence-corrected chi connectivity index (χ1v) is 3.06. The van der Waals surface area contributed by atoms with E-state index >= 15 is 0 Å². The Hall–Kier alpha value is -0.740. The molecule has 1 aromatic heterocycles. The fraction of sp³-hybridized carbons (Fsp3) is 0. The normalized spacial score (nSPS) is 14.5. The molecule has 0 unspecified atom stereocenters. The van der Waals surface area contributed by atoms with Crippen LogP contribution in [0.4, 0.5) is 0 Å². The molecule has 0 saturated heterocycles. The van der Waals surface area contributed by atoms with Crippen LogP contribution in [0.5, 0.6) is 11.5 Å². The third-order valence-electron chi connectivity index (χ3n) is 0.896. The molecule has 3 nitrogen and oxygen atoms in total. The molecule has 0 saturated carbocycles. The van der Waals surface area contributed by atoms with Crippen molar-refractivity contribution in [2.45, 2.75) is 0 Å². The van der Waals surface area contributed by atoms with Crippen molar-refractivity contribution in [3.05, 3.63) is 10.8 Å². The van der Waals surface area contributed by atoms with Crippen LogP contribution in [0.15, 0.2) is 10.8 Å². The van der Waals surface area contributed by atoms with E-state index in [2.05, 4.69) is 5.64 Å². The van der Waals surface area contributed by atoms with Gasteiger partial charge >= 0.3 is 0 Å². The van der Waals surface area contributed by atoms with Gasteiger partial charge in [-0.1, -0.05) is 0 Å². The summed E-state index contributed by atoms with van der Waals surface area (Å²) in [6, 6.07) is 0. The Labute approximate surface area is 49.8 Å². The van der Waals surface area contributed by atoms with Crippen molar-refractivity contribution < 1.29 is 9.68 Å². The third-order valence-corrected chi connectivity index (χ3v) is 1.60. The lowest BCUT2D eigenvalue weighted by Crippen LogP contribution is -2.14. The van der Waals surface area contributed by atoms with Gasteiger partial charge in [-0.05, 0) is 0 Å². The van der Waals surface area contributed by atoms with Crippen molar-refractivity contribution in [1.82, 2.24) is 5.64 Å². The largest absolute Gasteiger partial charge is 0.369 e. The molecule has 0 aliphatic carbocycles. The van der Waals surface area contributed by atoms with Gasteiger partial charge in [0.05, 0.1) is 0 Å². The Balaban J connectivity index is 2.54. The number of thiophene rings is 1. The summed E-state index contributed by atoms with van der Waals surface area (Å²) in [5.41, 5.74) is 2.27. The SMILES string of the molecule is c1scc2c1ONO2. The zero-order chi connectivity index (χ0) is 5.40. The van der Waals surface area contributed by atoms with Gasteiger partial charge in [0.2, 0.25) is 11.5 Å². The van der Waals surface area contributed by atoms with Gasteiger partial charge in [-0.3, -0.25) is 0 Å². The molecular weight excluding hydrogens is 126 g/mol. The minimum atomic E-state index is 0.773. The minimum Gasteiger partial charge on any atom is -0.369 e. The molecule has 0 amide bonds. The molecule has 0 fully saturated rings. The maximum atomic E-state index is 4.78. The van der Waals surface area contributed by atoms with Crippen molar-refractivity contribution in [3.8, 4) is 11.5 Å². The van der Waals surface area contributed by atoms with Crippen molar-refractivity contribution >= 4 is 11.3 Å². The Morgan fingerprint density at radius 3 is 2.50 bits per heavy atom. The number of hydrogen-bond acceptors (Lipinski definition) is 4. The van der Waals surface area contributed by atoms with Gasteiger partial charge in [0.25, 0.3) is 0 Å². The average molecular weight is 129 g/mol. The summed E-state index contributed by atoms with van der Waals surface area (Å²) in [7, 11) is 0. The number of fused-ring (bicyclic) bond motifs is 1. The molecule has 2 rings (SSSR count). The summed E-state index contributed by atoms with van der Waals surface area (Å²) in [6.07, 6.45) is 0. The van der Waals surface area contributed by atoms with E-state index in [0.717, 1.165) is 11.5 Å². The van der Waals surface area contributed by atoms with Gasteiger partial charge in [-0.2, -0.15) is 0 Å². The second kappa shape index (κ2) is 1.37. The molecule has 0 atom stereocenters. The molecule has 0 bridgehead atoms. The first kappa shape index (κ1) is 4.17. The van der Waals surface area contributed by atoms with Gasteiger partial charge < -0.3 is 9.68 Å². The van der Waals surface area contributed by atoms with E-state index in [1.807, 2.05) is 10.8 Å². The molecule has 8 heavy (non-hydrogen) atoms. The summed E-state index contributed by atoms with van der Waals surface area (Å²) in [5.74, 6) is 1.55. The Kier molecular flexibility index (Phi) is 0.712. The van der Waals surface area contributed by atoms with Crippen LogP contribution in [0.3, 0.4) is 0 Å². The van der Waals surface area contributed by atoms with Crippen LogP contribution < -0.4 is 15.3 Å². The fourth-order valence-electron chi connectivity index (χ4n) is 0.533. The maximum absolute atomic E-state index is 4.78. The molecular formula is C4H3NO2S. The number of nitrogens with one attached hydrogen (secondary N) is 1. The smallest absolute Gasteiger partial charge is 0.206 e. The highest BCUT2D eigenvalue weighted by Gasteiger charge is 2.12. The monoisotopic (exact) mass is 129 g/mol. The van der Waals surface area contributed by atoms with E-state index in [9.17, 15) is 0 Å². The summed E-state index contributed by atoms with van der Waals surface area (Å²) >= 11 is 1.55. The summed E-state index contributed by atoms with van der Waals surface area (Å²) in [4.78, 5) is 9.55. The van der Waals surface area contributed by atoms with Crippen LogP contribution in [0.25, 0.3) is 0 Å². The first-order valence-electron chi connectivity index (χ1n) is 2.12. The lowest BCUT2D eigenvalue weighted by atomic mass is 10.6. The zero-order valence-electron chi connectivity index (χ0n) is 3.88. The molecule has 1 aliphatic rings. The molecule has 1 N–H and O–H groups in total. The number of rotatable bonds is 0. The predicted octanol–water partition coefficient (Wildman–Crippen LogP) is 0.939. The molecule has 4 heteroatoms. The second-order valence-corrected chi connectivity index (χ2v) is 2.13. The van der Waals surface area contributed by atoms with Gasteiger partial charge in [-0.15, -0.1) is 11.3 Å². The van der Waals surface area contributed by atoms with Crippen molar-refractivity contribution in [1.29, 1.82) is 0 Å². The van der Waals surface area contributed by atoms with Gasteiger partial charge in [0.15, 0.2) is 0 Å². The highest BCUT2D eigenvalue weighted by molar-refractivity contribution is 7.08. The standard InChI is InChI=1S/C4H3NO2S/c1-3-4(2-8-1)7-5-6-3/h1-2,5H. The predicted molar refractivity (Wildman–Crippen MR) is 28.7 cm³/mol. The van der Waals surface area contributed by atoms with Gasteiger partial charge in [-0.25, -0.2) is 0 Å². The minimum absolute atomic E-state index is 0.773. The van der Waals surface area contributed by atoms with Crippen molar-refractivity contribution in [3.63, 3.8) is 0 Å². The van der Waals surface area contributed by atoms with Crippen LogP contribution >= 0.6 is 11.3 Å². The average Bonchev–Trinajstić information content (AvgIpc) is 2.15. The van der Waals surface area contributed by atoms with E-state index in [4.69, 9.17) is 9.68 Å². The van der Waals surface area contributed by atoms with Crippen molar-refractivity contribution in [2.24, 2.45) is 0 Å². The molecule has 1 aromatic rings. The van der Waals surface area contributed by atoms with Crippen LogP contribution in [0.1, 0.15) is 0 Å². The van der Waals surface area contributed by atoms with E-state index in [1.165, 1.54) is 0 Å². The fourth-order valence-corrected chi connectivity index (χ4v) is 1.18. The first-order chi connectivity index (χ1) is 3.97. The van der Waals surface area contributed by atoms with Crippen LogP contribution in [0.2, 0.25) is 0 Å². The van der Waals surface area contributed by atoms with E-state index < -0.39 is 0 Å². The van der Waals surface area contributed by atoms with Crippen LogP contribution in [0, 0.1) is 0 Å². The Morgan fingerprint density at radius 2 is 1.88 bits per heavy atom. The van der Waals surface area contributed by atoms with E-state index in [1.54, 1.807) is 11.3 Å². The van der Waals surface area contributed by atoms with Crippen LogP contribution in [-0.4, -0.2) is 0 Å². The highest BCUT2D eigenvalue weighted by Crippen LogP contribution is 2.33. The molecule has 0 spiro atoms. The molecule has 1 aliphatic heterocycles. The van der Waals surface area contributed by atoms with Crippen molar-refractivity contribution in [2.75, 3.05) is 0 Å². The van der Waals surface area contributed by atoms with Gasteiger partial charge in [0, 0.05) is 16.4 Å². The van der Waals surface area contributed by atoms with Gasteiger partial charge in [0.1, 0.15) is 0 Å². The molecule has 0 radical (unpaired) electrons. The zero-order valence-corrected chi connectivity index (χ0v) is 4.70. The summed E-state index contributed by atoms with van der Waals surface area (Å²) in [6.45, 7) is 0. The van der Waals surface area contributed by atoms with E-state index in [-0.39, 0.29) is 0 Å². The molecule has 0 aromatic carbocycles. The third kappa shape index (κ3) is 0.410. The summed E-state index contributed by atoms with van der Waals surface area (Å²) < 4.78 is 0. The Bertz CT molecular complexity index is 179. The van der Waals surface area contributed by atoms with Crippen LogP contribution in [-0.2, 0) is 0 Å². The summed E-state index contributed by atoms with van der Waals surface area (Å²) in [5, 5.41) is 3.74. The lowest BCUT2D eigenvalue weighted by molar-refractivity contribution is 0.0259. The maximum Gasteiger partial charge on any atom is 0.206 e. The van der Waals surface area contributed by atoms with E-state index in [0.29, 0.717) is 0 Å². The Morgan fingerprint density at radius 1 is 1.25 bits per heavy atom. The number of hydrogen-bond donors (Lipinski definition) is 1. The molecule has 2 heterocycles. The highest BCUT2D eigenvalue weighted by atomic mass is 32.1.